The fraction of sp³-hybridized carbons (Fsp3) is 0.235. The van der Waals surface area contributed by atoms with Crippen LogP contribution in [0, 0.1) is 0 Å². The normalized spacial score (nSPS) is 18.2. The number of pyridine rings is 2. The third kappa shape index (κ3) is 6.69. The molecule has 236 valence electrons. The van der Waals surface area contributed by atoms with E-state index in [4.69, 9.17) is 11.5 Å². The van der Waals surface area contributed by atoms with E-state index in [1.165, 1.54) is 17.2 Å². The van der Waals surface area contributed by atoms with Gasteiger partial charge in [-0.15, -0.1) is 0 Å². The Morgan fingerprint density at radius 2 is 1.52 bits per heavy atom. The first-order chi connectivity index (χ1) is 22.2. The van der Waals surface area contributed by atoms with Crippen molar-refractivity contribution < 1.29 is 18.0 Å². The van der Waals surface area contributed by atoms with Crippen molar-refractivity contribution >= 4 is 44.1 Å². The Morgan fingerprint density at radius 3 is 2.33 bits per heavy atom. The molecule has 2 atom stereocenters. The molecule has 3 aromatic heterocycles. The molecule has 2 unspecified atom stereocenters. The molecule has 0 bridgehead atoms. The fourth-order valence-electron chi connectivity index (χ4n) is 5.86. The van der Waals surface area contributed by atoms with Crippen LogP contribution in [-0.4, -0.2) is 40.9 Å². The number of rotatable bonds is 4. The van der Waals surface area contributed by atoms with E-state index in [1.807, 2.05) is 24.3 Å². The summed E-state index contributed by atoms with van der Waals surface area (Å²) in [6, 6.07) is 17.3. The molecular weight excluding hydrogens is 602 g/mol. The number of aromatic nitrogens is 3. The van der Waals surface area contributed by atoms with Gasteiger partial charge in [0.15, 0.2) is 9.84 Å². The van der Waals surface area contributed by atoms with Gasteiger partial charge >= 0.3 is 0 Å². The van der Waals surface area contributed by atoms with Crippen molar-refractivity contribution in [3.63, 3.8) is 0 Å². The summed E-state index contributed by atoms with van der Waals surface area (Å²) in [7, 11) is -3.40. The van der Waals surface area contributed by atoms with E-state index in [9.17, 15) is 18.0 Å². The Bertz CT molecular complexity index is 2010. The maximum Gasteiger partial charge on any atom is 0.255 e. The van der Waals surface area contributed by atoms with Crippen LogP contribution in [0.15, 0.2) is 90.3 Å². The molecular formula is C34H35N7O4S. The van der Waals surface area contributed by atoms with Crippen molar-refractivity contribution in [3.8, 4) is 0 Å². The minimum atomic E-state index is -3.40. The van der Waals surface area contributed by atoms with Gasteiger partial charge in [-0.2, -0.15) is 0 Å². The number of anilines is 2. The largest absolute Gasteiger partial charge is 0.346 e. The van der Waals surface area contributed by atoms with E-state index >= 15 is 0 Å². The summed E-state index contributed by atoms with van der Waals surface area (Å²) in [6.07, 6.45) is 11.3. The zero-order chi connectivity index (χ0) is 32.3. The van der Waals surface area contributed by atoms with Gasteiger partial charge in [0.2, 0.25) is 0 Å². The summed E-state index contributed by atoms with van der Waals surface area (Å²) < 4.78 is 24.6. The van der Waals surface area contributed by atoms with Crippen molar-refractivity contribution in [2.24, 2.45) is 11.5 Å². The molecule has 5 aromatic rings. The second kappa shape index (κ2) is 13.2. The number of benzene rings is 2. The monoisotopic (exact) mass is 637 g/mol. The molecule has 0 saturated heterocycles. The topological polar surface area (TPSA) is 186 Å². The molecule has 7 rings (SSSR count). The summed E-state index contributed by atoms with van der Waals surface area (Å²) in [5.74, 6) is -0.478. The van der Waals surface area contributed by atoms with Gasteiger partial charge in [-0.1, -0.05) is 18.6 Å². The second-order valence-corrected chi connectivity index (χ2v) is 13.6. The van der Waals surface area contributed by atoms with Gasteiger partial charge < -0.3 is 27.1 Å². The number of nitrogens with two attached hydrogens (primary N) is 2. The number of amides is 2. The predicted octanol–water partition coefficient (Wildman–Crippen LogP) is 5.05. The van der Waals surface area contributed by atoms with Gasteiger partial charge in [0.05, 0.1) is 16.3 Å². The molecule has 0 fully saturated rings. The molecule has 0 radical (unpaired) electrons. The minimum absolute atomic E-state index is 0.000562. The molecule has 1 aliphatic heterocycles. The van der Waals surface area contributed by atoms with Crippen LogP contribution >= 0.6 is 0 Å². The highest BCUT2D eigenvalue weighted by Gasteiger charge is 2.29. The lowest BCUT2D eigenvalue weighted by Crippen LogP contribution is -2.25. The number of sulfone groups is 1. The first-order valence-electron chi connectivity index (χ1n) is 15.1. The molecule has 11 nitrogen and oxygen atoms in total. The number of nitrogens with zero attached hydrogens (tertiary/aromatic N) is 2. The maximum atomic E-state index is 12.6. The van der Waals surface area contributed by atoms with Crippen LogP contribution in [0.5, 0.6) is 0 Å². The lowest BCUT2D eigenvalue weighted by atomic mass is 9.97. The Hall–Kier alpha value is -4.91. The van der Waals surface area contributed by atoms with E-state index in [1.54, 1.807) is 55.1 Å². The molecule has 2 amide bonds. The average molecular weight is 638 g/mol. The molecule has 46 heavy (non-hydrogen) atoms. The first-order valence-corrected chi connectivity index (χ1v) is 16.8. The Balaban J connectivity index is 0.000000164. The fourth-order valence-corrected chi connectivity index (χ4v) is 7.53. The first kappa shape index (κ1) is 31.1. The van der Waals surface area contributed by atoms with Crippen molar-refractivity contribution in [1.82, 2.24) is 15.0 Å². The number of nitrogens with one attached hydrogen (secondary N) is 3. The molecule has 2 aromatic carbocycles. The van der Waals surface area contributed by atoms with Gasteiger partial charge in [-0.05, 0) is 90.9 Å². The van der Waals surface area contributed by atoms with E-state index in [0.717, 1.165) is 36.8 Å². The van der Waals surface area contributed by atoms with Gasteiger partial charge in [0.25, 0.3) is 11.8 Å². The van der Waals surface area contributed by atoms with E-state index in [2.05, 4.69) is 25.6 Å². The number of carbonyl (C=O) groups is 2. The van der Waals surface area contributed by atoms with Crippen molar-refractivity contribution in [2.75, 3.05) is 16.4 Å². The highest BCUT2D eigenvalue weighted by Crippen LogP contribution is 2.32. The second-order valence-electron chi connectivity index (χ2n) is 11.5. The van der Waals surface area contributed by atoms with Crippen LogP contribution in [0.1, 0.15) is 75.2 Å². The Morgan fingerprint density at radius 1 is 0.804 bits per heavy atom. The summed E-state index contributed by atoms with van der Waals surface area (Å²) in [6.45, 7) is 0. The average Bonchev–Trinajstić information content (AvgIpc) is 3.48. The maximum absolute atomic E-state index is 12.6. The number of hydrogen-bond acceptors (Lipinski definition) is 8. The highest BCUT2D eigenvalue weighted by atomic mass is 32.2. The number of fused-ring (bicyclic) bond motifs is 3. The van der Waals surface area contributed by atoms with Crippen molar-refractivity contribution in [2.45, 2.75) is 49.1 Å². The molecule has 4 heterocycles. The van der Waals surface area contributed by atoms with Crippen LogP contribution in [0.2, 0.25) is 0 Å². The van der Waals surface area contributed by atoms with Gasteiger partial charge in [-0.25, -0.2) is 13.4 Å². The third-order valence-electron chi connectivity index (χ3n) is 8.37. The number of aromatic amines is 1. The van der Waals surface area contributed by atoms with Crippen LogP contribution in [-0.2, 0) is 16.3 Å². The zero-order valence-electron chi connectivity index (χ0n) is 25.1. The highest BCUT2D eigenvalue weighted by molar-refractivity contribution is 7.91. The molecule has 1 aliphatic carbocycles. The predicted molar refractivity (Wildman–Crippen MR) is 177 cm³/mol. The quantitative estimate of drug-likeness (QED) is 0.169. The Kier molecular flexibility index (Phi) is 8.93. The molecule has 0 spiro atoms. The van der Waals surface area contributed by atoms with Crippen LogP contribution in [0.25, 0.3) is 11.0 Å². The molecule has 7 N–H and O–H groups in total. The summed E-state index contributed by atoms with van der Waals surface area (Å²) >= 11 is 0. The third-order valence-corrected chi connectivity index (χ3v) is 10.2. The molecule has 2 aliphatic rings. The molecule has 12 heteroatoms. The summed E-state index contributed by atoms with van der Waals surface area (Å²) in [5.41, 5.74) is 18.1. The van der Waals surface area contributed by atoms with E-state index in [-0.39, 0.29) is 40.1 Å². The number of aryl methyl sites for hydroxylation is 1. The van der Waals surface area contributed by atoms with Crippen molar-refractivity contribution in [3.05, 3.63) is 113 Å². The van der Waals surface area contributed by atoms with Gasteiger partial charge in [0.1, 0.15) is 5.65 Å². The zero-order valence-corrected chi connectivity index (χ0v) is 25.9. The van der Waals surface area contributed by atoms with E-state index < -0.39 is 9.84 Å². The summed E-state index contributed by atoms with van der Waals surface area (Å²) in [5, 5.41) is 6.47. The van der Waals surface area contributed by atoms with Gasteiger partial charge in [-0.3, -0.25) is 14.6 Å². The lowest BCUT2D eigenvalue weighted by molar-refractivity contribution is 0.101. The standard InChI is InChI=1S/C17H16N4O3S.C17H19N3O/c18-13-5-8-25(23,24)15-9-10(1-2-11(13)15)17(22)21-14-4-7-20-16-12(14)3-6-19-16;18-16-4-2-1-3-12-11-13(5-6-15(12)16)17(21)20-14-7-9-19-10-8-14/h1-4,6-7,9,13H,5,8,18H2,(H2,19,20,21,22);5-11,16H,1-4,18H2,(H,19,20,21). The van der Waals surface area contributed by atoms with E-state index in [0.29, 0.717) is 28.9 Å². The lowest BCUT2D eigenvalue weighted by Gasteiger charge is -2.22. The van der Waals surface area contributed by atoms with Crippen LogP contribution in [0.4, 0.5) is 11.4 Å². The number of carbonyl (C=O) groups excluding carboxylic acids is 2. The molecule has 0 saturated carbocycles. The summed E-state index contributed by atoms with van der Waals surface area (Å²) in [4.78, 5) is 36.1. The smallest absolute Gasteiger partial charge is 0.255 e. The minimum Gasteiger partial charge on any atom is -0.346 e. The van der Waals surface area contributed by atoms with Gasteiger partial charge in [0, 0.05) is 59.1 Å². The number of hydrogen-bond donors (Lipinski definition) is 5. The van der Waals surface area contributed by atoms with Crippen LogP contribution in [0.3, 0.4) is 0 Å². The number of H-pyrrole nitrogens is 1. The van der Waals surface area contributed by atoms with Crippen LogP contribution < -0.4 is 22.1 Å². The Labute approximate surface area is 266 Å². The van der Waals surface area contributed by atoms with Crippen molar-refractivity contribution in [1.29, 1.82) is 0 Å². The SMILES string of the molecule is NC1CCCCc2cc(C(=O)Nc3ccncc3)ccc21.NC1CCS(=O)(=O)c2cc(C(=O)Nc3ccnc4[nH]ccc34)ccc21.